The average Bonchev–Trinajstić information content (AvgIpc) is 2.10. The second-order valence-corrected chi connectivity index (χ2v) is 3.51. The third-order valence-electron chi connectivity index (χ3n) is 1.32. The summed E-state index contributed by atoms with van der Waals surface area (Å²) in [7, 11) is -4.67. The monoisotopic (exact) mass is 338 g/mol. The molecule has 0 unspecified atom stereocenters. The van der Waals surface area contributed by atoms with Gasteiger partial charge in [0.25, 0.3) is 0 Å². The Hall–Kier alpha value is 0.129. The molecule has 104 valence electrons. The summed E-state index contributed by atoms with van der Waals surface area (Å²) < 4.78 is 31.6. The van der Waals surface area contributed by atoms with E-state index in [2.05, 4.69) is 0 Å². The molecule has 0 saturated heterocycles. The first kappa shape index (κ1) is 24.2. The van der Waals surface area contributed by atoms with Crippen LogP contribution in [0.3, 0.4) is 0 Å². The van der Waals surface area contributed by atoms with E-state index < -0.39 is 33.6 Å². The number of hydrogen-bond donors (Lipinski definition) is 6. The van der Waals surface area contributed by atoms with Gasteiger partial charge in [0.2, 0.25) is 0 Å². The molecule has 0 radical (unpaired) electrons. The van der Waals surface area contributed by atoms with Gasteiger partial charge in [-0.1, -0.05) is 0 Å². The van der Waals surface area contributed by atoms with E-state index >= 15 is 0 Å². The van der Waals surface area contributed by atoms with Gasteiger partial charge in [-0.2, -0.15) is 8.42 Å². The molecule has 12 heteroatoms. The van der Waals surface area contributed by atoms with Crippen molar-refractivity contribution in [2.24, 2.45) is 0 Å². The maximum absolute atomic E-state index is 10.3. The molecule has 1 rings (SSSR count). The first-order valence-electron chi connectivity index (χ1n) is 3.70. The van der Waals surface area contributed by atoms with Gasteiger partial charge in [0.05, 0.1) is 5.56 Å². The molecule has 0 aliphatic heterocycles. The minimum absolute atomic E-state index is 0. The number of rotatable bonds is 1. The summed E-state index contributed by atoms with van der Waals surface area (Å²) in [6, 6.07) is 1.69. The van der Waals surface area contributed by atoms with Gasteiger partial charge >= 0.3 is 67.8 Å². The van der Waals surface area contributed by atoms with Crippen molar-refractivity contribution in [3.05, 3.63) is 17.7 Å². The van der Waals surface area contributed by atoms with Crippen LogP contribution in [0.5, 0.6) is 17.2 Å². The number of carbonyl (C=O) groups is 1. The van der Waals surface area contributed by atoms with Crippen LogP contribution in [-0.4, -0.2) is 113 Å². The number of hydrogen-bond acceptors (Lipinski definition) is 6. The molecule has 0 bridgehead atoms. The van der Waals surface area contributed by atoms with E-state index in [-0.39, 0.29) is 74.3 Å². The molecule has 0 saturated carbocycles. The van der Waals surface area contributed by atoms with Crippen LogP contribution in [0, 0.1) is 0 Å². The molecule has 0 amide bonds. The molecule has 0 aromatic heterocycles. The molecule has 1 aromatic carbocycles. The van der Waals surface area contributed by atoms with Crippen LogP contribution >= 0.6 is 0 Å². The second-order valence-electron chi connectivity index (χ2n) is 2.62. The van der Waals surface area contributed by atoms with E-state index in [0.717, 1.165) is 12.1 Å². The van der Waals surface area contributed by atoms with E-state index in [4.69, 9.17) is 37.9 Å². The zero-order valence-electron chi connectivity index (χ0n) is 7.97. The summed E-state index contributed by atoms with van der Waals surface area (Å²) in [6.07, 6.45) is 0. The number of carboxylic acid groups (broad SMARTS) is 1. The van der Waals surface area contributed by atoms with Gasteiger partial charge in [-0.15, -0.1) is 0 Å². The fraction of sp³-hybridized carbons (Fsp3) is 0. The Balaban J connectivity index is -0.000000320. The normalized spacial score (nSPS) is 9.16. The molecule has 0 aliphatic rings. The molecule has 6 N–H and O–H groups in total. The van der Waals surface area contributed by atoms with Crippen LogP contribution in [0.1, 0.15) is 10.4 Å². The third kappa shape index (κ3) is 11.6. The first-order chi connectivity index (χ1) is 7.52. The van der Waals surface area contributed by atoms with E-state index in [9.17, 15) is 4.79 Å². The Morgan fingerprint density at radius 1 is 1.00 bits per heavy atom. The Bertz CT molecular complexity index is 498. The third-order valence-corrected chi connectivity index (χ3v) is 1.32. The van der Waals surface area contributed by atoms with Crippen molar-refractivity contribution in [2.45, 2.75) is 0 Å². The molecule has 0 atom stereocenters. The summed E-state index contributed by atoms with van der Waals surface area (Å²) in [5.41, 5.74) is -0.289. The maximum atomic E-state index is 10.3. The number of aromatic hydroxyl groups is 3. The molecule has 0 spiro atoms. The van der Waals surface area contributed by atoms with Gasteiger partial charge < -0.3 is 20.4 Å². The fourth-order valence-corrected chi connectivity index (χ4v) is 0.728. The summed E-state index contributed by atoms with van der Waals surface area (Å²) >= 11 is 0. The molecule has 19 heavy (non-hydrogen) atoms. The zero-order chi connectivity index (χ0) is 13.8. The molecule has 0 heterocycles. The van der Waals surface area contributed by atoms with E-state index in [0.29, 0.717) is 0 Å². The number of carboxylic acids is 1. The number of phenols is 3. The predicted molar refractivity (Wildman–Crippen MR) is 69.7 cm³/mol. The molecule has 0 fully saturated rings. The molecule has 0 aliphatic carbocycles. The van der Waals surface area contributed by atoms with Crippen molar-refractivity contribution in [1.82, 2.24) is 0 Å². The van der Waals surface area contributed by atoms with E-state index in [1.54, 1.807) is 0 Å². The SMILES string of the molecule is O=C(O)c1cc(O)c(O)c(O)c1.O=S(=O)(O)O.[AlH3].[KH]. The molecule has 1 aromatic rings. The minimum atomic E-state index is -4.67. The molecular formula is C7H12AlKO9S. The van der Waals surface area contributed by atoms with Crippen molar-refractivity contribution >= 4 is 85.1 Å². The van der Waals surface area contributed by atoms with Crippen LogP contribution in [0.15, 0.2) is 12.1 Å². The van der Waals surface area contributed by atoms with Crippen LogP contribution in [-0.2, 0) is 10.4 Å². The Labute approximate surface area is 161 Å². The van der Waals surface area contributed by atoms with Crippen molar-refractivity contribution in [3.63, 3.8) is 0 Å². The van der Waals surface area contributed by atoms with Crippen molar-refractivity contribution < 1.29 is 42.7 Å². The molecular weight excluding hydrogens is 326 g/mol. The van der Waals surface area contributed by atoms with Crippen molar-refractivity contribution in [2.75, 3.05) is 0 Å². The zero-order valence-corrected chi connectivity index (χ0v) is 8.79. The fourth-order valence-electron chi connectivity index (χ4n) is 0.728. The number of phenolic OH excluding ortho intramolecular Hbond substituents is 3. The Morgan fingerprint density at radius 3 is 1.47 bits per heavy atom. The van der Waals surface area contributed by atoms with E-state index in [1.807, 2.05) is 0 Å². The summed E-state index contributed by atoms with van der Waals surface area (Å²) in [5.74, 6) is -3.33. The van der Waals surface area contributed by atoms with Crippen molar-refractivity contribution in [1.29, 1.82) is 0 Å². The van der Waals surface area contributed by atoms with Crippen LogP contribution in [0.2, 0.25) is 0 Å². The van der Waals surface area contributed by atoms with Gasteiger partial charge in [-0.25, -0.2) is 4.79 Å². The van der Waals surface area contributed by atoms with Crippen LogP contribution < -0.4 is 0 Å². The van der Waals surface area contributed by atoms with Gasteiger partial charge in [0.15, 0.2) is 34.6 Å². The summed E-state index contributed by atoms with van der Waals surface area (Å²) in [6.45, 7) is 0. The summed E-state index contributed by atoms with van der Waals surface area (Å²) in [5, 5.41) is 35.0. The van der Waals surface area contributed by atoms with Gasteiger partial charge in [0.1, 0.15) is 0 Å². The van der Waals surface area contributed by atoms with E-state index in [1.165, 1.54) is 0 Å². The van der Waals surface area contributed by atoms with Crippen LogP contribution in [0.25, 0.3) is 0 Å². The Morgan fingerprint density at radius 2 is 1.26 bits per heavy atom. The van der Waals surface area contributed by atoms with Gasteiger partial charge in [-0.3, -0.25) is 9.11 Å². The van der Waals surface area contributed by atoms with Crippen molar-refractivity contribution in [3.8, 4) is 17.2 Å². The number of aromatic carboxylic acids is 1. The summed E-state index contributed by atoms with van der Waals surface area (Å²) in [4.78, 5) is 10.3. The average molecular weight is 338 g/mol. The molecule has 9 nitrogen and oxygen atoms in total. The number of benzene rings is 1. The Kier molecular flexibility index (Phi) is 12.6. The predicted octanol–water partition coefficient (Wildman–Crippen LogP) is -1.98. The van der Waals surface area contributed by atoms with Gasteiger partial charge in [0, 0.05) is 0 Å². The second kappa shape index (κ2) is 9.94. The van der Waals surface area contributed by atoms with Crippen LogP contribution in [0.4, 0.5) is 0 Å². The van der Waals surface area contributed by atoms with Gasteiger partial charge in [-0.05, 0) is 12.1 Å². The first-order valence-corrected chi connectivity index (χ1v) is 5.10. The topological polar surface area (TPSA) is 173 Å². The quantitative estimate of drug-likeness (QED) is 0.193. The standard InChI is InChI=1S/C7H6O5.Al.K.H2O4S.4H/c8-4-1-3(7(11)12)2-5(9)6(4)10;;;1-5(2,3)4;;;;/h1-2,8-10H,(H,11,12);;;(H2,1,2,3,4);;;;.